The molecule has 0 atom stereocenters. The molecule has 0 spiro atoms. The van der Waals surface area contributed by atoms with Crippen molar-refractivity contribution in [2.45, 2.75) is 19.8 Å². The van der Waals surface area contributed by atoms with Crippen LogP contribution in [0, 0.1) is 0 Å². The molecule has 0 unspecified atom stereocenters. The van der Waals surface area contributed by atoms with Gasteiger partial charge in [-0.2, -0.15) is 0 Å². The van der Waals surface area contributed by atoms with Crippen molar-refractivity contribution >= 4 is 30.1 Å². The highest BCUT2D eigenvalue weighted by Gasteiger charge is 2.09. The van der Waals surface area contributed by atoms with Crippen LogP contribution in [0.1, 0.15) is 41.2 Å². The molecule has 48 heavy (non-hydrogen) atoms. The van der Waals surface area contributed by atoms with Gasteiger partial charge in [-0.05, 0) is 94.8 Å². The zero-order chi connectivity index (χ0) is 33.1. The van der Waals surface area contributed by atoms with Gasteiger partial charge in [-0.15, -0.1) is 0 Å². The molecule has 0 aliphatic carbocycles. The number of pyridine rings is 2. The average molecular weight is 625 g/mol. The summed E-state index contributed by atoms with van der Waals surface area (Å²) < 4.78 is 0. The van der Waals surface area contributed by atoms with Crippen LogP contribution in [0.25, 0.3) is 57.9 Å². The molecule has 0 aliphatic heterocycles. The zero-order valence-electron chi connectivity index (χ0n) is 26.8. The van der Waals surface area contributed by atoms with E-state index in [2.05, 4.69) is 113 Å². The Balaban J connectivity index is 1.31. The van der Waals surface area contributed by atoms with E-state index in [9.17, 15) is 9.90 Å². The summed E-state index contributed by atoms with van der Waals surface area (Å²) >= 11 is 0. The van der Waals surface area contributed by atoms with Crippen molar-refractivity contribution in [3.8, 4) is 33.6 Å². The molecule has 6 rings (SSSR count). The molecule has 0 saturated heterocycles. The van der Waals surface area contributed by atoms with E-state index >= 15 is 0 Å². The number of hydrogen-bond acceptors (Lipinski definition) is 4. The van der Waals surface area contributed by atoms with E-state index in [4.69, 9.17) is 0 Å². The summed E-state index contributed by atoms with van der Waals surface area (Å²) in [4.78, 5) is 20.4. The molecule has 4 aromatic carbocycles. The molecule has 1 N–H and O–H groups in total. The van der Waals surface area contributed by atoms with Crippen molar-refractivity contribution in [3.05, 3.63) is 179 Å². The first kappa shape index (κ1) is 31.8. The van der Waals surface area contributed by atoms with E-state index in [1.165, 1.54) is 13.0 Å². The lowest BCUT2D eigenvalue weighted by molar-refractivity contribution is -0.112. The van der Waals surface area contributed by atoms with Gasteiger partial charge in [-0.25, -0.2) is 0 Å². The summed E-state index contributed by atoms with van der Waals surface area (Å²) in [5.74, 6) is -0.0600. The molecular weight excluding hydrogens is 588 g/mol. The van der Waals surface area contributed by atoms with E-state index in [0.29, 0.717) is 12.8 Å². The number of aryl methyl sites for hydroxylation is 1. The third-order valence-electron chi connectivity index (χ3n) is 8.01. The van der Waals surface area contributed by atoms with Crippen molar-refractivity contribution in [2.24, 2.45) is 0 Å². The number of rotatable bonds is 11. The van der Waals surface area contributed by atoms with E-state index in [-0.39, 0.29) is 11.5 Å². The Labute approximate surface area is 282 Å². The van der Waals surface area contributed by atoms with Crippen LogP contribution in [-0.2, 0) is 11.2 Å². The van der Waals surface area contributed by atoms with Crippen LogP contribution in [0.2, 0.25) is 0 Å². The van der Waals surface area contributed by atoms with Gasteiger partial charge in [0, 0.05) is 36.0 Å². The fourth-order valence-electron chi connectivity index (χ4n) is 5.60. The second-order valence-corrected chi connectivity index (χ2v) is 11.6. The molecule has 4 nitrogen and oxygen atoms in total. The number of hydrogen-bond donors (Lipinski definition) is 1. The summed E-state index contributed by atoms with van der Waals surface area (Å²) in [6, 6.07) is 43.5. The van der Waals surface area contributed by atoms with Crippen molar-refractivity contribution in [2.75, 3.05) is 0 Å². The highest BCUT2D eigenvalue weighted by atomic mass is 16.3. The summed E-state index contributed by atoms with van der Waals surface area (Å²) in [6.45, 7) is 1.45. The van der Waals surface area contributed by atoms with Gasteiger partial charge in [-0.3, -0.25) is 14.8 Å². The lowest BCUT2D eigenvalue weighted by atomic mass is 9.93. The molecule has 0 bridgehead atoms. The molecule has 0 saturated carbocycles. The van der Waals surface area contributed by atoms with Crippen LogP contribution in [0.15, 0.2) is 152 Å². The zero-order valence-corrected chi connectivity index (χ0v) is 26.8. The fourth-order valence-corrected chi connectivity index (χ4v) is 5.60. The lowest BCUT2D eigenvalue weighted by Crippen LogP contribution is -1.95. The maximum absolute atomic E-state index is 11.5. The van der Waals surface area contributed by atoms with Crippen LogP contribution >= 0.6 is 0 Å². The topological polar surface area (TPSA) is 63.1 Å². The Morgan fingerprint density at radius 3 is 1.58 bits per heavy atom. The summed E-state index contributed by atoms with van der Waals surface area (Å²) in [5, 5.41) is 10.3. The molecule has 0 fully saturated rings. The molecule has 0 amide bonds. The van der Waals surface area contributed by atoms with E-state index < -0.39 is 0 Å². The van der Waals surface area contributed by atoms with Crippen LogP contribution in [0.5, 0.6) is 0 Å². The first-order valence-electron chi connectivity index (χ1n) is 16.0. The van der Waals surface area contributed by atoms with Gasteiger partial charge in [0.25, 0.3) is 0 Å². The number of carbonyl (C=O) groups excluding carboxylic acids is 1. The Hall–Kier alpha value is -6.13. The van der Waals surface area contributed by atoms with Gasteiger partial charge in [0.1, 0.15) is 0 Å². The third-order valence-corrected chi connectivity index (χ3v) is 8.01. The Morgan fingerprint density at radius 1 is 0.583 bits per heavy atom. The Kier molecular flexibility index (Phi) is 10.2. The Bertz CT molecular complexity index is 1970. The summed E-state index contributed by atoms with van der Waals surface area (Å²) in [6.07, 6.45) is 14.5. The third kappa shape index (κ3) is 8.56. The fraction of sp³-hybridized carbons (Fsp3) is 0.0682. The Morgan fingerprint density at radius 2 is 1.08 bits per heavy atom. The number of aromatic nitrogens is 2. The molecule has 234 valence electrons. The minimum atomic E-state index is -0.158. The summed E-state index contributed by atoms with van der Waals surface area (Å²) in [5.41, 5.74) is 11.7. The molecule has 0 radical (unpaired) electrons. The standard InChI is InChI=1S/C44H36N2O2/c1-32(47)28-41(48)25-24-37-8-2-3-9-42(37)40-30-35(14-12-33-16-20-38(21-17-33)43-10-4-6-26-45-43)29-36(31-40)15-13-34-18-22-39(23-19-34)44-11-5-7-27-46-44/h2-23,26-31,48H,24-25H2,1H3/b14-12-,15-13-,41-28?. The van der Waals surface area contributed by atoms with Crippen molar-refractivity contribution in [1.82, 2.24) is 9.97 Å². The molecule has 6 aromatic rings. The minimum absolute atomic E-state index is 0.0979. The lowest BCUT2D eigenvalue weighted by Gasteiger charge is -2.12. The van der Waals surface area contributed by atoms with E-state index in [1.807, 2.05) is 60.9 Å². The number of nitrogens with zero attached hydrogens (tertiary/aromatic N) is 2. The predicted octanol–water partition coefficient (Wildman–Crippen LogP) is 10.8. The number of benzene rings is 4. The number of allylic oxidation sites excluding steroid dienone is 2. The smallest absolute Gasteiger partial charge is 0.155 e. The van der Waals surface area contributed by atoms with Crippen molar-refractivity contribution in [1.29, 1.82) is 0 Å². The van der Waals surface area contributed by atoms with Gasteiger partial charge < -0.3 is 5.11 Å². The van der Waals surface area contributed by atoms with Crippen LogP contribution in [0.3, 0.4) is 0 Å². The van der Waals surface area contributed by atoms with Crippen LogP contribution < -0.4 is 0 Å². The number of aliphatic hydroxyl groups excluding tert-OH is 1. The number of carbonyl (C=O) groups is 1. The molecular formula is C44H36N2O2. The maximum atomic E-state index is 11.5. The quantitative estimate of drug-likeness (QED) is 0.0885. The highest BCUT2D eigenvalue weighted by molar-refractivity contribution is 5.87. The molecule has 2 heterocycles. The second kappa shape index (κ2) is 15.4. The largest absolute Gasteiger partial charge is 0.512 e. The molecule has 4 heteroatoms. The first-order chi connectivity index (χ1) is 23.5. The average Bonchev–Trinajstić information content (AvgIpc) is 3.13. The van der Waals surface area contributed by atoms with Gasteiger partial charge >= 0.3 is 0 Å². The minimum Gasteiger partial charge on any atom is -0.512 e. The predicted molar refractivity (Wildman–Crippen MR) is 199 cm³/mol. The van der Waals surface area contributed by atoms with Crippen molar-refractivity contribution in [3.63, 3.8) is 0 Å². The van der Waals surface area contributed by atoms with Gasteiger partial charge in [0.15, 0.2) is 5.78 Å². The van der Waals surface area contributed by atoms with Gasteiger partial charge in [0.2, 0.25) is 0 Å². The monoisotopic (exact) mass is 624 g/mol. The van der Waals surface area contributed by atoms with E-state index in [1.54, 1.807) is 0 Å². The van der Waals surface area contributed by atoms with Crippen molar-refractivity contribution < 1.29 is 9.90 Å². The van der Waals surface area contributed by atoms with Crippen LogP contribution in [-0.4, -0.2) is 20.9 Å². The second-order valence-electron chi connectivity index (χ2n) is 11.6. The van der Waals surface area contributed by atoms with E-state index in [0.717, 1.165) is 61.5 Å². The van der Waals surface area contributed by atoms with Crippen LogP contribution in [0.4, 0.5) is 0 Å². The van der Waals surface area contributed by atoms with Gasteiger partial charge in [-0.1, -0.05) is 109 Å². The normalized spacial score (nSPS) is 11.7. The molecule has 2 aromatic heterocycles. The number of ketones is 1. The van der Waals surface area contributed by atoms with Gasteiger partial charge in [0.05, 0.1) is 17.1 Å². The summed E-state index contributed by atoms with van der Waals surface area (Å²) in [7, 11) is 0. The first-order valence-corrected chi connectivity index (χ1v) is 16.0. The number of aliphatic hydroxyl groups is 1. The highest BCUT2D eigenvalue weighted by Crippen LogP contribution is 2.29. The maximum Gasteiger partial charge on any atom is 0.155 e. The molecule has 0 aliphatic rings. The SMILES string of the molecule is CC(=O)C=C(O)CCc1ccccc1-c1cc(/C=C\c2ccc(-c3ccccn3)cc2)cc(/C=C\c2ccc(-c3ccccn3)cc2)c1.